The van der Waals surface area contributed by atoms with E-state index in [9.17, 15) is 9.59 Å². The Balaban J connectivity index is 1.64. The number of nitrogens with zero attached hydrogens (tertiary/aromatic N) is 2. The third-order valence-corrected chi connectivity index (χ3v) is 2.47. The van der Waals surface area contributed by atoms with Crippen LogP contribution in [0.1, 0.15) is 20.7 Å². The van der Waals surface area contributed by atoms with E-state index in [0.29, 0.717) is 11.1 Å². The number of nitrogens with one attached hydrogen (secondary N) is 4. The van der Waals surface area contributed by atoms with Gasteiger partial charge in [0.25, 0.3) is 11.8 Å². The lowest BCUT2D eigenvalue weighted by atomic mass is 10.3. The summed E-state index contributed by atoms with van der Waals surface area (Å²) < 4.78 is 0. The minimum atomic E-state index is -0.292. The smallest absolute Gasteiger partial charge is 0.265 e. The van der Waals surface area contributed by atoms with Gasteiger partial charge < -0.3 is 0 Å². The minimum absolute atomic E-state index is 0.160. The van der Waals surface area contributed by atoms with Crippen molar-refractivity contribution in [3.05, 3.63) is 60.2 Å². The molecule has 0 spiro atoms. The number of carbonyl (C=O) groups is 2. The van der Waals surface area contributed by atoms with Gasteiger partial charge in [0.05, 0.1) is 6.67 Å². The monoisotopic (exact) mass is 286 g/mol. The van der Waals surface area contributed by atoms with Gasteiger partial charge in [-0.25, -0.2) is 10.9 Å². The van der Waals surface area contributed by atoms with Crippen LogP contribution in [-0.2, 0) is 0 Å². The summed E-state index contributed by atoms with van der Waals surface area (Å²) in [5.74, 6) is -0.584. The molecule has 0 unspecified atom stereocenters. The van der Waals surface area contributed by atoms with Crippen LogP contribution in [0.25, 0.3) is 0 Å². The Hall–Kier alpha value is -2.84. The van der Waals surface area contributed by atoms with Gasteiger partial charge in [-0.3, -0.25) is 30.4 Å². The van der Waals surface area contributed by atoms with Crippen molar-refractivity contribution in [1.82, 2.24) is 31.7 Å². The largest absolute Gasteiger partial charge is 0.286 e. The molecule has 0 atom stereocenters. The average molecular weight is 286 g/mol. The predicted octanol–water partition coefficient (Wildman–Crippen LogP) is -0.397. The van der Waals surface area contributed by atoms with Crippen molar-refractivity contribution in [2.24, 2.45) is 0 Å². The third-order valence-electron chi connectivity index (χ3n) is 2.47. The molecule has 0 fully saturated rings. The first-order chi connectivity index (χ1) is 10.3. The van der Waals surface area contributed by atoms with Crippen LogP contribution in [0.4, 0.5) is 0 Å². The number of carbonyl (C=O) groups excluding carboxylic acids is 2. The summed E-state index contributed by atoms with van der Waals surface area (Å²) in [5.41, 5.74) is 11.2. The van der Waals surface area contributed by atoms with Crippen LogP contribution in [0.2, 0.25) is 0 Å². The first kappa shape index (κ1) is 14.6. The summed E-state index contributed by atoms with van der Waals surface area (Å²) in [4.78, 5) is 30.9. The van der Waals surface area contributed by atoms with Gasteiger partial charge in [-0.15, -0.1) is 0 Å². The van der Waals surface area contributed by atoms with Crippen LogP contribution in [0.3, 0.4) is 0 Å². The number of hydrogen-bond donors (Lipinski definition) is 4. The van der Waals surface area contributed by atoms with Crippen LogP contribution >= 0.6 is 0 Å². The number of amides is 2. The Morgan fingerprint density at radius 1 is 0.762 bits per heavy atom. The number of hydrogen-bond acceptors (Lipinski definition) is 6. The van der Waals surface area contributed by atoms with E-state index in [1.807, 2.05) is 0 Å². The average Bonchev–Trinajstić information content (AvgIpc) is 2.55. The zero-order chi connectivity index (χ0) is 14.9. The quantitative estimate of drug-likeness (QED) is 0.327. The molecule has 8 nitrogen and oxygen atoms in total. The van der Waals surface area contributed by atoms with E-state index in [-0.39, 0.29) is 18.5 Å². The summed E-state index contributed by atoms with van der Waals surface area (Å²) in [7, 11) is 0. The van der Waals surface area contributed by atoms with Gasteiger partial charge in [0.1, 0.15) is 0 Å². The molecule has 0 aliphatic rings. The van der Waals surface area contributed by atoms with Crippen molar-refractivity contribution in [2.75, 3.05) is 6.67 Å². The Morgan fingerprint density at radius 3 is 1.52 bits per heavy atom. The second-order valence-corrected chi connectivity index (χ2v) is 3.91. The Labute approximate surface area is 120 Å². The van der Waals surface area contributed by atoms with Gasteiger partial charge in [0.15, 0.2) is 0 Å². The zero-order valence-corrected chi connectivity index (χ0v) is 11.0. The standard InChI is InChI=1S/C13H14N6O2/c20-12(10-1-5-14-6-2-10)18-16-9-17-19-13(21)11-3-7-15-8-4-11/h1-8,16-17H,9H2,(H,18,20)(H,19,21). The molecule has 2 amide bonds. The lowest BCUT2D eigenvalue weighted by Crippen LogP contribution is -2.48. The zero-order valence-electron chi connectivity index (χ0n) is 11.0. The van der Waals surface area contributed by atoms with E-state index in [0.717, 1.165) is 0 Å². The topological polar surface area (TPSA) is 108 Å². The van der Waals surface area contributed by atoms with Gasteiger partial charge in [0, 0.05) is 35.9 Å². The molecule has 0 aliphatic carbocycles. The summed E-state index contributed by atoms with van der Waals surface area (Å²) in [6.07, 6.45) is 6.12. The maximum atomic E-state index is 11.6. The number of pyridine rings is 2. The van der Waals surface area contributed by atoms with Crippen LogP contribution < -0.4 is 21.7 Å². The van der Waals surface area contributed by atoms with Crippen molar-refractivity contribution < 1.29 is 9.59 Å². The van der Waals surface area contributed by atoms with Crippen molar-refractivity contribution in [1.29, 1.82) is 0 Å². The van der Waals surface area contributed by atoms with Crippen molar-refractivity contribution in [2.45, 2.75) is 0 Å². The number of rotatable bonds is 6. The Kier molecular flexibility index (Phi) is 5.33. The normalized spacial score (nSPS) is 9.90. The third kappa shape index (κ3) is 4.64. The molecule has 8 heteroatoms. The van der Waals surface area contributed by atoms with Gasteiger partial charge >= 0.3 is 0 Å². The highest BCUT2D eigenvalue weighted by Gasteiger charge is 2.04. The SMILES string of the molecule is O=C(NNCNNC(=O)c1ccncc1)c1ccncc1. The predicted molar refractivity (Wildman–Crippen MR) is 74.5 cm³/mol. The minimum Gasteiger partial charge on any atom is -0.286 e. The van der Waals surface area contributed by atoms with E-state index >= 15 is 0 Å². The van der Waals surface area contributed by atoms with E-state index in [2.05, 4.69) is 31.7 Å². The highest BCUT2D eigenvalue weighted by Crippen LogP contribution is 1.94. The summed E-state index contributed by atoms with van der Waals surface area (Å²) in [6.45, 7) is 0.160. The second kappa shape index (κ2) is 7.68. The van der Waals surface area contributed by atoms with Crippen LogP contribution in [0, 0.1) is 0 Å². The fraction of sp³-hybridized carbons (Fsp3) is 0.0769. The van der Waals surface area contributed by atoms with Gasteiger partial charge in [0.2, 0.25) is 0 Å². The number of aromatic nitrogens is 2. The van der Waals surface area contributed by atoms with Crippen LogP contribution in [-0.4, -0.2) is 28.5 Å². The summed E-state index contributed by atoms with van der Waals surface area (Å²) in [6, 6.07) is 6.37. The van der Waals surface area contributed by atoms with Gasteiger partial charge in [-0.2, -0.15) is 0 Å². The summed E-state index contributed by atoms with van der Waals surface area (Å²) >= 11 is 0. The molecule has 2 rings (SSSR count). The molecule has 2 aromatic heterocycles. The van der Waals surface area contributed by atoms with E-state index in [4.69, 9.17) is 0 Å². The van der Waals surface area contributed by atoms with Gasteiger partial charge in [-0.1, -0.05) is 0 Å². The Bertz CT molecular complexity index is 537. The maximum Gasteiger partial charge on any atom is 0.265 e. The molecule has 0 aromatic carbocycles. The lowest BCUT2D eigenvalue weighted by molar-refractivity contribution is 0.0919. The molecule has 0 saturated carbocycles. The lowest BCUT2D eigenvalue weighted by Gasteiger charge is -2.09. The molecule has 21 heavy (non-hydrogen) atoms. The molecule has 0 radical (unpaired) electrons. The van der Waals surface area contributed by atoms with E-state index in [1.54, 1.807) is 24.3 Å². The molecule has 0 aliphatic heterocycles. The van der Waals surface area contributed by atoms with Gasteiger partial charge in [-0.05, 0) is 24.3 Å². The van der Waals surface area contributed by atoms with Crippen molar-refractivity contribution in [3.8, 4) is 0 Å². The first-order valence-corrected chi connectivity index (χ1v) is 6.14. The molecule has 2 aromatic rings. The molecule has 108 valence electrons. The van der Waals surface area contributed by atoms with Crippen molar-refractivity contribution >= 4 is 11.8 Å². The first-order valence-electron chi connectivity index (χ1n) is 6.14. The highest BCUT2D eigenvalue weighted by atomic mass is 16.2. The molecule has 0 saturated heterocycles. The molecular weight excluding hydrogens is 272 g/mol. The van der Waals surface area contributed by atoms with Crippen molar-refractivity contribution in [3.63, 3.8) is 0 Å². The molecule has 0 bridgehead atoms. The summed E-state index contributed by atoms with van der Waals surface area (Å²) in [5, 5.41) is 0. The molecular formula is C13H14N6O2. The highest BCUT2D eigenvalue weighted by molar-refractivity contribution is 5.94. The molecule has 2 heterocycles. The number of hydrazine groups is 2. The van der Waals surface area contributed by atoms with Crippen LogP contribution in [0.5, 0.6) is 0 Å². The van der Waals surface area contributed by atoms with Crippen LogP contribution in [0.15, 0.2) is 49.1 Å². The maximum absolute atomic E-state index is 11.6. The molecule has 4 N–H and O–H groups in total. The van der Waals surface area contributed by atoms with E-state index in [1.165, 1.54) is 24.8 Å². The fourth-order valence-corrected chi connectivity index (χ4v) is 1.44. The second-order valence-electron chi connectivity index (χ2n) is 3.91. The van der Waals surface area contributed by atoms with E-state index < -0.39 is 0 Å². The fourth-order valence-electron chi connectivity index (χ4n) is 1.44. The Morgan fingerprint density at radius 2 is 1.14 bits per heavy atom.